The SMILES string of the molecule is CCN(CCN(C)c1ncc(C(F)(F)F)cc1Cl)[C@@H]1CN(C(=O)c2ccc(Cl)cc2)C[C@H]1O. The second kappa shape index (κ2) is 10.5. The van der Waals surface area contributed by atoms with Crippen molar-refractivity contribution in [3.63, 3.8) is 0 Å². The van der Waals surface area contributed by atoms with E-state index in [0.717, 1.165) is 12.3 Å². The van der Waals surface area contributed by atoms with Crippen LogP contribution in [0.15, 0.2) is 36.5 Å². The van der Waals surface area contributed by atoms with E-state index in [4.69, 9.17) is 23.2 Å². The van der Waals surface area contributed by atoms with Crippen LogP contribution in [0.4, 0.5) is 19.0 Å². The maximum atomic E-state index is 12.8. The number of β-amino-alcohol motifs (C(OH)–C–C–N with tert-alkyl or cyclic N) is 1. The number of likely N-dealkylation sites (tertiary alicyclic amines) is 1. The quantitative estimate of drug-likeness (QED) is 0.616. The van der Waals surface area contributed by atoms with Crippen molar-refractivity contribution < 1.29 is 23.1 Å². The second-order valence-corrected chi connectivity index (χ2v) is 8.77. The Hall–Kier alpha value is -2.07. The molecule has 180 valence electrons. The van der Waals surface area contributed by atoms with E-state index in [1.54, 1.807) is 41.1 Å². The van der Waals surface area contributed by atoms with Crippen molar-refractivity contribution in [1.29, 1.82) is 0 Å². The van der Waals surface area contributed by atoms with E-state index >= 15 is 0 Å². The molecular formula is C22H25Cl2F3N4O2. The summed E-state index contributed by atoms with van der Waals surface area (Å²) in [5.74, 6) is 0.0642. The van der Waals surface area contributed by atoms with Gasteiger partial charge in [-0.25, -0.2) is 4.98 Å². The van der Waals surface area contributed by atoms with Gasteiger partial charge in [-0.05, 0) is 36.9 Å². The van der Waals surface area contributed by atoms with E-state index in [1.807, 2.05) is 11.8 Å². The molecule has 1 aromatic heterocycles. The van der Waals surface area contributed by atoms with Gasteiger partial charge in [0.25, 0.3) is 5.91 Å². The molecule has 0 unspecified atom stereocenters. The number of rotatable bonds is 7. The third kappa shape index (κ3) is 6.09. The van der Waals surface area contributed by atoms with Gasteiger partial charge in [-0.15, -0.1) is 0 Å². The minimum atomic E-state index is -4.51. The highest BCUT2D eigenvalue weighted by molar-refractivity contribution is 6.33. The Balaban J connectivity index is 1.62. The van der Waals surface area contributed by atoms with Crippen molar-refractivity contribution in [1.82, 2.24) is 14.8 Å². The van der Waals surface area contributed by atoms with Crippen molar-refractivity contribution in [3.8, 4) is 0 Å². The van der Waals surface area contributed by atoms with Gasteiger partial charge in [-0.3, -0.25) is 9.69 Å². The number of hydrogen-bond acceptors (Lipinski definition) is 5. The third-order valence-electron chi connectivity index (χ3n) is 5.75. The lowest BCUT2D eigenvalue weighted by Crippen LogP contribution is -2.46. The molecule has 1 aliphatic heterocycles. The Morgan fingerprint density at radius 3 is 2.45 bits per heavy atom. The zero-order chi connectivity index (χ0) is 24.3. The molecule has 33 heavy (non-hydrogen) atoms. The Bertz CT molecular complexity index is 975. The maximum absolute atomic E-state index is 12.8. The molecule has 1 aromatic carbocycles. The van der Waals surface area contributed by atoms with Crippen LogP contribution in [-0.2, 0) is 6.18 Å². The number of likely N-dealkylation sites (N-methyl/N-ethyl adjacent to an activating group) is 2. The van der Waals surface area contributed by atoms with Gasteiger partial charge >= 0.3 is 6.18 Å². The molecule has 6 nitrogen and oxygen atoms in total. The summed E-state index contributed by atoms with van der Waals surface area (Å²) in [7, 11) is 1.69. The van der Waals surface area contributed by atoms with Crippen molar-refractivity contribution in [2.24, 2.45) is 0 Å². The van der Waals surface area contributed by atoms with Gasteiger partial charge in [-0.2, -0.15) is 13.2 Å². The first-order valence-corrected chi connectivity index (χ1v) is 11.2. The predicted octanol–water partition coefficient (Wildman–Crippen LogP) is 4.05. The summed E-state index contributed by atoms with van der Waals surface area (Å²) in [4.78, 5) is 22.0. The van der Waals surface area contributed by atoms with Crippen LogP contribution in [0.5, 0.6) is 0 Å². The summed E-state index contributed by atoms with van der Waals surface area (Å²) in [6, 6.07) is 7.19. The van der Waals surface area contributed by atoms with Crippen LogP contribution in [0, 0.1) is 0 Å². The standard InChI is InChI=1S/C22H25Cl2F3N4O2/c1-3-30(9-8-29(2)20-17(24)10-15(11-28-20)22(25,26)27)18-12-31(13-19(18)32)21(33)14-4-6-16(23)7-5-14/h4-7,10-11,18-19,32H,3,8-9,12-13H2,1-2H3/t18-,19-/m1/s1. The number of benzene rings is 1. The van der Waals surface area contributed by atoms with E-state index in [1.165, 1.54) is 0 Å². The molecule has 0 radical (unpaired) electrons. The fraction of sp³-hybridized carbons (Fsp3) is 0.455. The molecular weight excluding hydrogens is 480 g/mol. The van der Waals surface area contributed by atoms with Crippen LogP contribution in [0.25, 0.3) is 0 Å². The first-order valence-electron chi connectivity index (χ1n) is 10.4. The average Bonchev–Trinajstić information content (AvgIpc) is 3.15. The molecule has 2 aromatic rings. The lowest BCUT2D eigenvalue weighted by molar-refractivity contribution is -0.137. The van der Waals surface area contributed by atoms with Gasteiger partial charge in [-0.1, -0.05) is 30.1 Å². The van der Waals surface area contributed by atoms with Crippen molar-refractivity contribution >= 4 is 34.9 Å². The number of carbonyl (C=O) groups is 1. The zero-order valence-corrected chi connectivity index (χ0v) is 19.7. The Kier molecular flexibility index (Phi) is 8.10. The molecule has 1 amide bonds. The molecule has 1 aliphatic rings. The van der Waals surface area contributed by atoms with E-state index in [2.05, 4.69) is 4.98 Å². The number of alkyl halides is 3. The number of carbonyl (C=O) groups excluding carboxylic acids is 1. The first-order chi connectivity index (χ1) is 15.5. The van der Waals surface area contributed by atoms with E-state index in [9.17, 15) is 23.1 Å². The molecule has 0 saturated carbocycles. The maximum Gasteiger partial charge on any atom is 0.417 e. The molecule has 0 aliphatic carbocycles. The average molecular weight is 505 g/mol. The topological polar surface area (TPSA) is 59.9 Å². The molecule has 3 rings (SSSR count). The minimum absolute atomic E-state index is 0.0870. The fourth-order valence-electron chi connectivity index (χ4n) is 3.88. The molecule has 1 N–H and O–H groups in total. The number of hydrogen-bond donors (Lipinski definition) is 1. The summed E-state index contributed by atoms with van der Waals surface area (Å²) in [6.45, 7) is 4.05. The lowest BCUT2D eigenvalue weighted by Gasteiger charge is -2.31. The lowest BCUT2D eigenvalue weighted by atomic mass is 10.2. The summed E-state index contributed by atoms with van der Waals surface area (Å²) < 4.78 is 38.5. The van der Waals surface area contributed by atoms with Crippen molar-refractivity contribution in [3.05, 3.63) is 57.7 Å². The largest absolute Gasteiger partial charge is 0.417 e. The summed E-state index contributed by atoms with van der Waals surface area (Å²) in [5.41, 5.74) is -0.405. The minimum Gasteiger partial charge on any atom is -0.390 e. The van der Waals surface area contributed by atoms with Crippen molar-refractivity contribution in [2.45, 2.75) is 25.2 Å². The first kappa shape index (κ1) is 25.6. The van der Waals surface area contributed by atoms with Crippen LogP contribution >= 0.6 is 23.2 Å². The normalized spacial score (nSPS) is 18.8. The second-order valence-electron chi connectivity index (χ2n) is 7.93. The summed E-state index contributed by atoms with van der Waals surface area (Å²) >= 11 is 11.9. The predicted molar refractivity (Wildman–Crippen MR) is 122 cm³/mol. The van der Waals surface area contributed by atoms with Gasteiger partial charge < -0.3 is 14.9 Å². The number of pyridine rings is 1. The Morgan fingerprint density at radius 2 is 1.88 bits per heavy atom. The number of aromatic nitrogens is 1. The number of halogens is 5. The smallest absolute Gasteiger partial charge is 0.390 e. The monoisotopic (exact) mass is 504 g/mol. The van der Waals surface area contributed by atoms with Gasteiger partial charge in [0, 0.05) is 50.0 Å². The van der Waals surface area contributed by atoms with Crippen molar-refractivity contribution in [2.75, 3.05) is 44.7 Å². The zero-order valence-electron chi connectivity index (χ0n) is 18.2. The summed E-state index contributed by atoms with van der Waals surface area (Å²) in [5, 5.41) is 11.1. The highest BCUT2D eigenvalue weighted by Crippen LogP contribution is 2.33. The number of nitrogens with zero attached hydrogens (tertiary/aromatic N) is 4. The van der Waals surface area contributed by atoms with Crippen LogP contribution in [0.3, 0.4) is 0 Å². The fourth-order valence-corrected chi connectivity index (χ4v) is 4.32. The molecule has 0 spiro atoms. The van der Waals surface area contributed by atoms with E-state index in [0.29, 0.717) is 36.8 Å². The summed E-state index contributed by atoms with van der Waals surface area (Å²) in [6.07, 6.45) is -4.48. The molecule has 2 heterocycles. The number of anilines is 1. The number of amides is 1. The third-order valence-corrected chi connectivity index (χ3v) is 6.28. The van der Waals surface area contributed by atoms with Crippen LogP contribution < -0.4 is 4.90 Å². The van der Waals surface area contributed by atoms with Gasteiger partial charge in [0.2, 0.25) is 0 Å². The highest BCUT2D eigenvalue weighted by atomic mass is 35.5. The van der Waals surface area contributed by atoms with Crippen LogP contribution in [0.1, 0.15) is 22.8 Å². The van der Waals surface area contributed by atoms with E-state index in [-0.39, 0.29) is 29.3 Å². The van der Waals surface area contributed by atoms with Gasteiger partial charge in [0.05, 0.1) is 22.7 Å². The van der Waals surface area contributed by atoms with Gasteiger partial charge in [0.15, 0.2) is 0 Å². The Morgan fingerprint density at radius 1 is 1.21 bits per heavy atom. The van der Waals surface area contributed by atoms with Crippen LogP contribution in [-0.4, -0.2) is 77.7 Å². The van der Waals surface area contributed by atoms with E-state index < -0.39 is 17.8 Å². The Labute approximate surface area is 200 Å². The molecule has 11 heteroatoms. The number of aliphatic hydroxyl groups is 1. The molecule has 1 fully saturated rings. The van der Waals surface area contributed by atoms with Crippen LogP contribution in [0.2, 0.25) is 10.0 Å². The number of aliphatic hydroxyl groups excluding tert-OH is 1. The molecule has 1 saturated heterocycles. The molecule has 0 bridgehead atoms. The molecule has 2 atom stereocenters. The highest BCUT2D eigenvalue weighted by Gasteiger charge is 2.37. The van der Waals surface area contributed by atoms with Gasteiger partial charge in [0.1, 0.15) is 5.82 Å².